The minimum atomic E-state index is 0.272. The van der Waals surface area contributed by atoms with Crippen LogP contribution in [-0.4, -0.2) is 29.8 Å². The largest absolute Gasteiger partial charge is 0.396 e. The van der Waals surface area contributed by atoms with Crippen molar-refractivity contribution in [2.24, 2.45) is 5.92 Å². The van der Waals surface area contributed by atoms with Gasteiger partial charge in [0.25, 0.3) is 0 Å². The van der Waals surface area contributed by atoms with E-state index in [-0.39, 0.29) is 6.61 Å². The number of hydrogen-bond donors (Lipinski definition) is 2. The van der Waals surface area contributed by atoms with Gasteiger partial charge in [-0.1, -0.05) is 43.7 Å². The fourth-order valence-corrected chi connectivity index (χ4v) is 3.13. The highest BCUT2D eigenvalue weighted by atomic mass is 32.2. The molecular weight excluding hydrogens is 242 g/mol. The molecule has 0 radical (unpaired) electrons. The standard InChI is InChI=1S/C15H25NOS/c1-11-5-7-14(8-6-11)15(16-4)13(3)18-10-12(2)9-17/h5-8,12-13,15-17H,9-10H2,1-4H3. The predicted octanol–water partition coefficient (Wildman–Crippen LogP) is 3.01. The molecule has 0 aromatic heterocycles. The Balaban J connectivity index is 2.62. The Morgan fingerprint density at radius 3 is 2.33 bits per heavy atom. The molecule has 0 fully saturated rings. The number of benzene rings is 1. The second-order valence-corrected chi connectivity index (χ2v) is 6.41. The molecular formula is C15H25NOS. The lowest BCUT2D eigenvalue weighted by Crippen LogP contribution is -2.26. The van der Waals surface area contributed by atoms with E-state index < -0.39 is 0 Å². The molecule has 0 spiro atoms. The van der Waals surface area contributed by atoms with Crippen molar-refractivity contribution in [2.45, 2.75) is 32.1 Å². The molecule has 2 N–H and O–H groups in total. The van der Waals surface area contributed by atoms with E-state index in [0.29, 0.717) is 17.2 Å². The van der Waals surface area contributed by atoms with Gasteiger partial charge < -0.3 is 10.4 Å². The van der Waals surface area contributed by atoms with E-state index in [4.69, 9.17) is 5.11 Å². The van der Waals surface area contributed by atoms with Gasteiger partial charge in [-0.3, -0.25) is 0 Å². The third-order valence-electron chi connectivity index (χ3n) is 3.17. The molecule has 102 valence electrons. The molecule has 18 heavy (non-hydrogen) atoms. The van der Waals surface area contributed by atoms with E-state index in [1.807, 2.05) is 18.8 Å². The zero-order chi connectivity index (χ0) is 13.5. The van der Waals surface area contributed by atoms with Crippen molar-refractivity contribution >= 4 is 11.8 Å². The van der Waals surface area contributed by atoms with Crippen molar-refractivity contribution in [2.75, 3.05) is 19.4 Å². The number of aliphatic hydroxyl groups is 1. The van der Waals surface area contributed by atoms with Gasteiger partial charge in [-0.15, -0.1) is 0 Å². The molecule has 0 aliphatic carbocycles. The molecule has 0 amide bonds. The predicted molar refractivity (Wildman–Crippen MR) is 81.1 cm³/mol. The Kier molecular flexibility index (Phi) is 6.76. The molecule has 0 heterocycles. The molecule has 1 aromatic carbocycles. The molecule has 3 heteroatoms. The quantitative estimate of drug-likeness (QED) is 0.796. The van der Waals surface area contributed by atoms with Crippen molar-refractivity contribution in [1.82, 2.24) is 5.32 Å². The van der Waals surface area contributed by atoms with E-state index in [2.05, 4.69) is 50.4 Å². The van der Waals surface area contributed by atoms with Crippen LogP contribution < -0.4 is 5.32 Å². The van der Waals surface area contributed by atoms with Crippen LogP contribution in [0.1, 0.15) is 31.0 Å². The molecule has 3 atom stereocenters. The van der Waals surface area contributed by atoms with Crippen LogP contribution in [0.3, 0.4) is 0 Å². The maximum absolute atomic E-state index is 9.06. The second kappa shape index (κ2) is 7.82. The molecule has 0 aliphatic rings. The van der Waals surface area contributed by atoms with Crippen LogP contribution in [0.15, 0.2) is 24.3 Å². The summed E-state index contributed by atoms with van der Waals surface area (Å²) in [5.74, 6) is 1.37. The lowest BCUT2D eigenvalue weighted by molar-refractivity contribution is 0.250. The summed E-state index contributed by atoms with van der Waals surface area (Å²) in [6, 6.07) is 9.08. The van der Waals surface area contributed by atoms with E-state index >= 15 is 0 Å². The summed E-state index contributed by atoms with van der Waals surface area (Å²) in [6.45, 7) is 6.71. The van der Waals surface area contributed by atoms with Crippen LogP contribution in [-0.2, 0) is 0 Å². The van der Waals surface area contributed by atoms with Crippen LogP contribution in [0.5, 0.6) is 0 Å². The van der Waals surface area contributed by atoms with E-state index in [9.17, 15) is 0 Å². The minimum absolute atomic E-state index is 0.272. The second-order valence-electron chi connectivity index (χ2n) is 5.00. The minimum Gasteiger partial charge on any atom is -0.396 e. The van der Waals surface area contributed by atoms with Crippen LogP contribution in [0.4, 0.5) is 0 Å². The Morgan fingerprint density at radius 2 is 1.83 bits per heavy atom. The van der Waals surface area contributed by atoms with Crippen molar-refractivity contribution in [3.63, 3.8) is 0 Å². The fraction of sp³-hybridized carbons (Fsp3) is 0.600. The van der Waals surface area contributed by atoms with Crippen molar-refractivity contribution in [1.29, 1.82) is 0 Å². The molecule has 1 rings (SSSR count). The molecule has 0 saturated heterocycles. The molecule has 2 nitrogen and oxygen atoms in total. The number of rotatable bonds is 7. The SMILES string of the molecule is CNC(c1ccc(C)cc1)C(C)SCC(C)CO. The monoisotopic (exact) mass is 267 g/mol. The fourth-order valence-electron chi connectivity index (χ4n) is 1.91. The highest BCUT2D eigenvalue weighted by Gasteiger charge is 2.18. The number of nitrogens with one attached hydrogen (secondary N) is 1. The number of aryl methyl sites for hydroxylation is 1. The molecule has 0 saturated carbocycles. The van der Waals surface area contributed by atoms with Gasteiger partial charge in [-0.25, -0.2) is 0 Å². The Morgan fingerprint density at radius 1 is 1.22 bits per heavy atom. The maximum Gasteiger partial charge on any atom is 0.0464 e. The average Bonchev–Trinajstić information content (AvgIpc) is 2.39. The Bertz CT molecular complexity index is 339. The van der Waals surface area contributed by atoms with Crippen LogP contribution in [0.2, 0.25) is 0 Å². The molecule has 1 aromatic rings. The van der Waals surface area contributed by atoms with Gasteiger partial charge in [0.2, 0.25) is 0 Å². The summed E-state index contributed by atoms with van der Waals surface area (Å²) in [7, 11) is 2.01. The smallest absolute Gasteiger partial charge is 0.0464 e. The molecule has 0 aliphatic heterocycles. The first-order chi connectivity index (χ1) is 8.58. The van der Waals surface area contributed by atoms with Gasteiger partial charge in [0.05, 0.1) is 0 Å². The van der Waals surface area contributed by atoms with Crippen LogP contribution >= 0.6 is 11.8 Å². The van der Waals surface area contributed by atoms with E-state index in [1.54, 1.807) is 0 Å². The van der Waals surface area contributed by atoms with Crippen molar-refractivity contribution < 1.29 is 5.11 Å². The first-order valence-corrected chi connectivity index (χ1v) is 7.59. The lowest BCUT2D eigenvalue weighted by atomic mass is 10.0. The topological polar surface area (TPSA) is 32.3 Å². The highest BCUT2D eigenvalue weighted by Crippen LogP contribution is 2.27. The summed E-state index contributed by atoms with van der Waals surface area (Å²) >= 11 is 1.92. The average molecular weight is 267 g/mol. The zero-order valence-corrected chi connectivity index (χ0v) is 12.6. The van der Waals surface area contributed by atoms with Crippen molar-refractivity contribution in [3.8, 4) is 0 Å². The van der Waals surface area contributed by atoms with Gasteiger partial charge in [-0.05, 0) is 31.2 Å². The van der Waals surface area contributed by atoms with Gasteiger partial charge >= 0.3 is 0 Å². The maximum atomic E-state index is 9.06. The van der Waals surface area contributed by atoms with Crippen LogP contribution in [0.25, 0.3) is 0 Å². The summed E-state index contributed by atoms with van der Waals surface area (Å²) < 4.78 is 0. The van der Waals surface area contributed by atoms with Crippen molar-refractivity contribution in [3.05, 3.63) is 35.4 Å². The highest BCUT2D eigenvalue weighted by molar-refractivity contribution is 7.99. The Hall–Kier alpha value is -0.510. The molecule has 3 unspecified atom stereocenters. The first-order valence-electron chi connectivity index (χ1n) is 6.54. The summed E-state index contributed by atoms with van der Waals surface area (Å²) in [5, 5.41) is 13.0. The first kappa shape index (κ1) is 15.5. The number of thioether (sulfide) groups is 1. The van der Waals surface area contributed by atoms with Gasteiger partial charge in [-0.2, -0.15) is 11.8 Å². The van der Waals surface area contributed by atoms with Gasteiger partial charge in [0.1, 0.15) is 0 Å². The third-order valence-corrected chi connectivity index (χ3v) is 4.73. The zero-order valence-electron chi connectivity index (χ0n) is 11.8. The van der Waals surface area contributed by atoms with E-state index in [1.165, 1.54) is 11.1 Å². The van der Waals surface area contributed by atoms with Gasteiger partial charge in [0.15, 0.2) is 0 Å². The summed E-state index contributed by atoms with van der Waals surface area (Å²) in [6.07, 6.45) is 0. The Labute approximate surface area is 115 Å². The normalized spacial score (nSPS) is 16.3. The van der Waals surface area contributed by atoms with Crippen LogP contribution in [0, 0.1) is 12.8 Å². The summed E-state index contributed by atoms with van der Waals surface area (Å²) in [4.78, 5) is 0. The number of hydrogen-bond acceptors (Lipinski definition) is 3. The van der Waals surface area contributed by atoms with Gasteiger partial charge in [0, 0.05) is 17.9 Å². The third kappa shape index (κ3) is 4.63. The summed E-state index contributed by atoms with van der Waals surface area (Å²) in [5.41, 5.74) is 2.63. The molecule has 0 bridgehead atoms. The number of aliphatic hydroxyl groups excluding tert-OH is 1. The van der Waals surface area contributed by atoms with E-state index in [0.717, 1.165) is 5.75 Å². The lowest BCUT2D eigenvalue weighted by Gasteiger charge is -2.24.